The largest absolute Gasteiger partial charge is 0.480 e. The molecule has 0 spiro atoms. The molecule has 0 fully saturated rings. The number of aryl methyl sites for hydroxylation is 1. The Morgan fingerprint density at radius 1 is 1.19 bits per heavy atom. The number of rotatable bonds is 8. The van der Waals surface area contributed by atoms with E-state index in [1.165, 1.54) is 18.4 Å². The summed E-state index contributed by atoms with van der Waals surface area (Å²) in [6.45, 7) is 3.75. The molecule has 7 heteroatoms. The number of hydrogen-bond acceptors (Lipinski definition) is 4. The van der Waals surface area contributed by atoms with Gasteiger partial charge in [-0.3, -0.25) is 9.59 Å². The van der Waals surface area contributed by atoms with Gasteiger partial charge in [0.05, 0.1) is 6.26 Å². The van der Waals surface area contributed by atoms with Crippen LogP contribution < -0.4 is 10.6 Å². The number of amides is 2. The van der Waals surface area contributed by atoms with Crippen molar-refractivity contribution in [3.63, 3.8) is 0 Å². The smallest absolute Gasteiger partial charge is 0.326 e. The van der Waals surface area contributed by atoms with E-state index < -0.39 is 23.8 Å². The molecule has 1 aromatic heterocycles. The molecule has 0 aliphatic heterocycles. The lowest BCUT2D eigenvalue weighted by Gasteiger charge is -2.15. The number of hydrogen-bond donors (Lipinski definition) is 3. The normalized spacial score (nSPS) is 11.6. The fourth-order valence-corrected chi connectivity index (χ4v) is 2.40. The van der Waals surface area contributed by atoms with Gasteiger partial charge in [0.2, 0.25) is 0 Å². The lowest BCUT2D eigenvalue weighted by Crippen LogP contribution is -2.40. The van der Waals surface area contributed by atoms with E-state index >= 15 is 0 Å². The Morgan fingerprint density at radius 3 is 2.58 bits per heavy atom. The highest BCUT2D eigenvalue weighted by molar-refractivity contribution is 6.04. The molecule has 0 aliphatic rings. The van der Waals surface area contributed by atoms with Crippen LogP contribution in [0.3, 0.4) is 0 Å². The molecule has 1 heterocycles. The molecule has 2 aromatic rings. The number of unbranched alkanes of at least 4 members (excludes halogenated alkanes) is 1. The van der Waals surface area contributed by atoms with E-state index in [1.54, 1.807) is 25.1 Å². The number of furan rings is 1. The Hall–Kier alpha value is -3.09. The zero-order chi connectivity index (χ0) is 19.1. The number of anilines is 1. The Balaban J connectivity index is 2.13. The Labute approximate surface area is 151 Å². The van der Waals surface area contributed by atoms with Gasteiger partial charge < -0.3 is 20.2 Å². The zero-order valence-electron chi connectivity index (χ0n) is 14.7. The summed E-state index contributed by atoms with van der Waals surface area (Å²) in [6, 6.07) is 7.00. The maximum absolute atomic E-state index is 12.4. The molecule has 0 saturated carbocycles. The lowest BCUT2D eigenvalue weighted by atomic mass is 10.1. The standard InChI is InChI=1S/C19H22N2O5/c1-3-4-6-14(19(24)25)20-17(22)13-9-8-12(2)15(11-13)21-18(23)16-7-5-10-26-16/h5,7-11,14H,3-4,6H2,1-2H3,(H,20,22)(H,21,23)(H,24,25). The second-order valence-electron chi connectivity index (χ2n) is 5.97. The number of benzene rings is 1. The van der Waals surface area contributed by atoms with Crippen molar-refractivity contribution >= 4 is 23.5 Å². The van der Waals surface area contributed by atoms with Gasteiger partial charge in [0, 0.05) is 11.3 Å². The number of carboxylic acid groups (broad SMARTS) is 1. The summed E-state index contributed by atoms with van der Waals surface area (Å²) in [5.41, 5.74) is 1.50. The third-order valence-electron chi connectivity index (χ3n) is 3.94. The first kappa shape index (κ1) is 19.2. The molecule has 1 unspecified atom stereocenters. The molecule has 0 bridgehead atoms. The van der Waals surface area contributed by atoms with Crippen molar-refractivity contribution in [2.75, 3.05) is 5.32 Å². The number of aliphatic carboxylic acids is 1. The summed E-state index contributed by atoms with van der Waals surface area (Å²) < 4.78 is 5.04. The second kappa shape index (κ2) is 8.84. The van der Waals surface area contributed by atoms with Gasteiger partial charge in [-0.05, 0) is 43.2 Å². The van der Waals surface area contributed by atoms with Gasteiger partial charge >= 0.3 is 5.97 Å². The highest BCUT2D eigenvalue weighted by Crippen LogP contribution is 2.18. The van der Waals surface area contributed by atoms with Gasteiger partial charge in [-0.15, -0.1) is 0 Å². The predicted octanol–water partition coefficient (Wildman–Crippen LogP) is 3.21. The number of carboxylic acids is 1. The molecule has 26 heavy (non-hydrogen) atoms. The monoisotopic (exact) mass is 358 g/mol. The number of carbonyl (C=O) groups is 3. The Morgan fingerprint density at radius 2 is 1.96 bits per heavy atom. The van der Waals surface area contributed by atoms with Crippen LogP contribution in [0.2, 0.25) is 0 Å². The molecule has 0 radical (unpaired) electrons. The highest BCUT2D eigenvalue weighted by Gasteiger charge is 2.20. The van der Waals surface area contributed by atoms with E-state index in [9.17, 15) is 19.5 Å². The van der Waals surface area contributed by atoms with Gasteiger partial charge in [-0.25, -0.2) is 4.79 Å². The SMILES string of the molecule is CCCCC(NC(=O)c1ccc(C)c(NC(=O)c2ccco2)c1)C(=O)O. The van der Waals surface area contributed by atoms with Crippen LogP contribution in [0.25, 0.3) is 0 Å². The summed E-state index contributed by atoms with van der Waals surface area (Å²) in [6.07, 6.45) is 3.31. The van der Waals surface area contributed by atoms with Gasteiger partial charge in [0.1, 0.15) is 6.04 Å². The van der Waals surface area contributed by atoms with Gasteiger partial charge in [-0.2, -0.15) is 0 Å². The third kappa shape index (κ3) is 4.95. The first-order valence-electron chi connectivity index (χ1n) is 8.41. The van der Waals surface area contributed by atoms with Crippen LogP contribution in [-0.2, 0) is 4.79 Å². The van der Waals surface area contributed by atoms with Crippen molar-refractivity contribution in [2.45, 2.75) is 39.2 Å². The van der Waals surface area contributed by atoms with Crippen LogP contribution in [0.1, 0.15) is 52.7 Å². The van der Waals surface area contributed by atoms with Crippen molar-refractivity contribution in [3.05, 3.63) is 53.5 Å². The van der Waals surface area contributed by atoms with Gasteiger partial charge in [0.15, 0.2) is 5.76 Å². The summed E-state index contributed by atoms with van der Waals surface area (Å²) in [7, 11) is 0. The Bertz CT molecular complexity index is 783. The summed E-state index contributed by atoms with van der Waals surface area (Å²) in [5.74, 6) is -1.83. The van der Waals surface area contributed by atoms with Crippen molar-refractivity contribution in [2.24, 2.45) is 0 Å². The molecule has 1 atom stereocenters. The molecule has 0 saturated heterocycles. The fourth-order valence-electron chi connectivity index (χ4n) is 2.40. The Kier molecular flexibility index (Phi) is 6.54. The zero-order valence-corrected chi connectivity index (χ0v) is 14.7. The van der Waals surface area contributed by atoms with Crippen LogP contribution in [0.4, 0.5) is 5.69 Å². The first-order valence-corrected chi connectivity index (χ1v) is 8.41. The summed E-state index contributed by atoms with van der Waals surface area (Å²) >= 11 is 0. The van der Waals surface area contributed by atoms with Crippen molar-refractivity contribution in [3.8, 4) is 0 Å². The summed E-state index contributed by atoms with van der Waals surface area (Å²) in [5, 5.41) is 14.5. The minimum Gasteiger partial charge on any atom is -0.480 e. The quantitative estimate of drug-likeness (QED) is 0.671. The molecule has 1 aromatic carbocycles. The molecule has 0 aliphatic carbocycles. The van der Waals surface area contributed by atoms with Crippen LogP contribution in [0, 0.1) is 6.92 Å². The lowest BCUT2D eigenvalue weighted by molar-refractivity contribution is -0.139. The van der Waals surface area contributed by atoms with E-state index in [-0.39, 0.29) is 11.3 Å². The summed E-state index contributed by atoms with van der Waals surface area (Å²) in [4.78, 5) is 35.8. The van der Waals surface area contributed by atoms with E-state index in [2.05, 4.69) is 10.6 Å². The minimum absolute atomic E-state index is 0.157. The average molecular weight is 358 g/mol. The van der Waals surface area contributed by atoms with E-state index in [4.69, 9.17) is 4.42 Å². The van der Waals surface area contributed by atoms with Crippen molar-refractivity contribution in [1.29, 1.82) is 0 Å². The maximum atomic E-state index is 12.4. The van der Waals surface area contributed by atoms with Crippen LogP contribution in [0.5, 0.6) is 0 Å². The predicted molar refractivity (Wildman–Crippen MR) is 96.3 cm³/mol. The molecule has 138 valence electrons. The van der Waals surface area contributed by atoms with E-state index in [0.717, 1.165) is 12.0 Å². The second-order valence-corrected chi connectivity index (χ2v) is 5.97. The van der Waals surface area contributed by atoms with Crippen molar-refractivity contribution in [1.82, 2.24) is 5.32 Å². The minimum atomic E-state index is -1.06. The number of carbonyl (C=O) groups excluding carboxylic acids is 2. The molecule has 2 rings (SSSR count). The average Bonchev–Trinajstić information content (AvgIpc) is 3.14. The van der Waals surface area contributed by atoms with Gasteiger partial charge in [0.25, 0.3) is 11.8 Å². The molecular weight excluding hydrogens is 336 g/mol. The fraction of sp³-hybridized carbons (Fsp3) is 0.316. The topological polar surface area (TPSA) is 109 Å². The van der Waals surface area contributed by atoms with E-state index in [1.807, 2.05) is 6.92 Å². The van der Waals surface area contributed by atoms with E-state index in [0.29, 0.717) is 18.5 Å². The van der Waals surface area contributed by atoms with Gasteiger partial charge in [-0.1, -0.05) is 25.8 Å². The van der Waals surface area contributed by atoms with Crippen LogP contribution >= 0.6 is 0 Å². The van der Waals surface area contributed by atoms with Crippen LogP contribution in [0.15, 0.2) is 41.0 Å². The molecule has 3 N–H and O–H groups in total. The molecule has 2 amide bonds. The highest BCUT2D eigenvalue weighted by atomic mass is 16.4. The first-order chi connectivity index (χ1) is 12.4. The maximum Gasteiger partial charge on any atom is 0.326 e. The number of nitrogens with one attached hydrogen (secondary N) is 2. The van der Waals surface area contributed by atoms with Crippen LogP contribution in [-0.4, -0.2) is 28.9 Å². The third-order valence-corrected chi connectivity index (χ3v) is 3.94. The van der Waals surface area contributed by atoms with Crippen molar-refractivity contribution < 1.29 is 23.9 Å². The molecule has 7 nitrogen and oxygen atoms in total. The molecular formula is C19H22N2O5.